The van der Waals surface area contributed by atoms with E-state index >= 15 is 0 Å². The smallest absolute Gasteiger partial charge is 0.266 e. The van der Waals surface area contributed by atoms with Crippen molar-refractivity contribution in [1.29, 1.82) is 5.26 Å². The van der Waals surface area contributed by atoms with Crippen LogP contribution in [-0.2, 0) is 11.4 Å². The number of hydrogen-bond donors (Lipinski definition) is 1. The third-order valence-corrected chi connectivity index (χ3v) is 5.42. The number of nitrogens with one attached hydrogen (secondary N) is 1. The molecule has 1 amide bonds. The number of carbonyl (C=O) groups excluding carboxylic acids is 1. The Kier molecular flexibility index (Phi) is 8.53. The first-order chi connectivity index (χ1) is 15.9. The van der Waals surface area contributed by atoms with Gasteiger partial charge in [0.2, 0.25) is 0 Å². The Morgan fingerprint density at radius 1 is 1.15 bits per heavy atom. The molecule has 3 aromatic carbocycles. The van der Waals surface area contributed by atoms with Crippen molar-refractivity contribution in [3.8, 4) is 17.6 Å². The lowest BCUT2D eigenvalue weighted by atomic mass is 10.1. The average molecular weight is 526 g/mol. The van der Waals surface area contributed by atoms with Crippen LogP contribution in [0.1, 0.15) is 23.6 Å². The molecule has 0 heterocycles. The van der Waals surface area contributed by atoms with Crippen molar-refractivity contribution in [3.63, 3.8) is 0 Å². The zero-order valence-electron chi connectivity index (χ0n) is 18.2. The molecule has 0 radical (unpaired) electrons. The van der Waals surface area contributed by atoms with Crippen molar-refractivity contribution >= 4 is 45.2 Å². The second-order valence-electron chi connectivity index (χ2n) is 7.17. The molecule has 0 saturated carbocycles. The molecular weight excluding hydrogens is 504 g/mol. The van der Waals surface area contributed by atoms with E-state index in [1.54, 1.807) is 30.3 Å². The highest BCUT2D eigenvalue weighted by Crippen LogP contribution is 2.38. The van der Waals surface area contributed by atoms with E-state index in [9.17, 15) is 10.1 Å². The first kappa shape index (κ1) is 24.4. The number of nitrogens with zero attached hydrogens (tertiary/aromatic N) is 1. The summed E-state index contributed by atoms with van der Waals surface area (Å²) in [5.41, 5.74) is 3.19. The van der Waals surface area contributed by atoms with Crippen LogP contribution in [0, 0.1) is 18.3 Å². The summed E-state index contributed by atoms with van der Waals surface area (Å²) in [6.45, 7) is 4.55. The number of carbonyl (C=O) groups is 1. The number of rotatable bonds is 8. The number of anilines is 1. The maximum atomic E-state index is 12.6. The summed E-state index contributed by atoms with van der Waals surface area (Å²) < 4.78 is 12.4. The van der Waals surface area contributed by atoms with Gasteiger partial charge in [0.25, 0.3) is 5.91 Å². The number of hydrogen-bond acceptors (Lipinski definition) is 4. The highest BCUT2D eigenvalue weighted by atomic mass is 79.9. The molecule has 0 fully saturated rings. The number of aryl methyl sites for hydroxylation is 1. The third kappa shape index (κ3) is 6.85. The van der Waals surface area contributed by atoms with E-state index in [-0.39, 0.29) is 5.57 Å². The minimum absolute atomic E-state index is 0.0271. The Hall–Kier alpha value is -3.27. The topological polar surface area (TPSA) is 71.3 Å². The predicted molar refractivity (Wildman–Crippen MR) is 134 cm³/mol. The normalized spacial score (nSPS) is 10.9. The van der Waals surface area contributed by atoms with Crippen molar-refractivity contribution in [2.75, 3.05) is 11.9 Å². The van der Waals surface area contributed by atoms with Crippen LogP contribution in [-0.4, -0.2) is 12.5 Å². The predicted octanol–water partition coefficient (Wildman–Crippen LogP) is 6.93. The van der Waals surface area contributed by atoms with Gasteiger partial charge in [0, 0.05) is 10.7 Å². The SMILES string of the molecule is CCOc1cc(/C=C(/C#N)C(=O)Nc2cccc(C)c2)cc(Br)c1OCc1ccc(Cl)cc1. The van der Waals surface area contributed by atoms with E-state index < -0.39 is 5.91 Å². The van der Waals surface area contributed by atoms with E-state index in [1.807, 2.05) is 50.2 Å². The lowest BCUT2D eigenvalue weighted by molar-refractivity contribution is -0.112. The minimum atomic E-state index is -0.486. The Balaban J connectivity index is 1.84. The fourth-order valence-electron chi connectivity index (χ4n) is 3.05. The van der Waals surface area contributed by atoms with Crippen LogP contribution in [0.25, 0.3) is 6.08 Å². The summed E-state index contributed by atoms with van der Waals surface area (Å²) in [5.74, 6) is 0.551. The van der Waals surface area contributed by atoms with Gasteiger partial charge in [-0.2, -0.15) is 5.26 Å². The van der Waals surface area contributed by atoms with Crippen LogP contribution < -0.4 is 14.8 Å². The summed E-state index contributed by atoms with van der Waals surface area (Å²) >= 11 is 9.47. The lowest BCUT2D eigenvalue weighted by Gasteiger charge is -2.15. The van der Waals surface area contributed by atoms with E-state index in [2.05, 4.69) is 21.2 Å². The molecular formula is C26H22BrClN2O3. The molecule has 0 aromatic heterocycles. The maximum Gasteiger partial charge on any atom is 0.266 e. The van der Waals surface area contributed by atoms with Gasteiger partial charge in [-0.05, 0) is 88.9 Å². The fourth-order valence-corrected chi connectivity index (χ4v) is 3.75. The van der Waals surface area contributed by atoms with Crippen LogP contribution in [0.15, 0.2) is 70.7 Å². The van der Waals surface area contributed by atoms with Crippen molar-refractivity contribution in [3.05, 3.63) is 92.4 Å². The Morgan fingerprint density at radius 3 is 2.58 bits per heavy atom. The van der Waals surface area contributed by atoms with Crippen molar-refractivity contribution in [2.24, 2.45) is 0 Å². The largest absolute Gasteiger partial charge is 0.490 e. The minimum Gasteiger partial charge on any atom is -0.490 e. The number of amides is 1. The van der Waals surface area contributed by atoms with Gasteiger partial charge in [0.1, 0.15) is 18.2 Å². The molecule has 0 aliphatic rings. The van der Waals surface area contributed by atoms with Gasteiger partial charge < -0.3 is 14.8 Å². The van der Waals surface area contributed by atoms with E-state index in [4.69, 9.17) is 21.1 Å². The van der Waals surface area contributed by atoms with Crippen LogP contribution in [0.4, 0.5) is 5.69 Å². The zero-order chi connectivity index (χ0) is 23.8. The van der Waals surface area contributed by atoms with Crippen LogP contribution >= 0.6 is 27.5 Å². The molecule has 0 atom stereocenters. The van der Waals surface area contributed by atoms with Gasteiger partial charge in [-0.25, -0.2) is 0 Å². The summed E-state index contributed by atoms with van der Waals surface area (Å²) in [4.78, 5) is 12.6. The van der Waals surface area contributed by atoms with Crippen molar-refractivity contribution in [2.45, 2.75) is 20.5 Å². The molecule has 0 saturated heterocycles. The van der Waals surface area contributed by atoms with E-state index in [0.717, 1.165) is 11.1 Å². The van der Waals surface area contributed by atoms with E-state index in [1.165, 1.54) is 6.08 Å². The lowest BCUT2D eigenvalue weighted by Crippen LogP contribution is -2.13. The molecule has 3 aromatic rings. The van der Waals surface area contributed by atoms with E-state index in [0.29, 0.717) is 45.5 Å². The first-order valence-corrected chi connectivity index (χ1v) is 11.4. The molecule has 1 N–H and O–H groups in total. The molecule has 0 aliphatic heterocycles. The summed E-state index contributed by atoms with van der Waals surface area (Å²) in [6, 6.07) is 20.3. The van der Waals surface area contributed by atoms with Crippen molar-refractivity contribution < 1.29 is 14.3 Å². The summed E-state index contributed by atoms with van der Waals surface area (Å²) in [6.07, 6.45) is 1.52. The van der Waals surface area contributed by atoms with Gasteiger partial charge in [-0.3, -0.25) is 4.79 Å². The van der Waals surface area contributed by atoms with Crippen molar-refractivity contribution in [1.82, 2.24) is 0 Å². The van der Waals surface area contributed by atoms with Crippen LogP contribution in [0.2, 0.25) is 5.02 Å². The second-order valence-corrected chi connectivity index (χ2v) is 8.46. The van der Waals surface area contributed by atoms with Crippen LogP contribution in [0.5, 0.6) is 11.5 Å². The average Bonchev–Trinajstić information content (AvgIpc) is 2.78. The number of benzene rings is 3. The fraction of sp³-hybridized carbons (Fsp3) is 0.154. The Labute approximate surface area is 206 Å². The first-order valence-electron chi connectivity index (χ1n) is 10.2. The number of halogens is 2. The third-order valence-electron chi connectivity index (χ3n) is 4.58. The Morgan fingerprint density at radius 2 is 1.91 bits per heavy atom. The molecule has 0 unspecified atom stereocenters. The molecule has 7 heteroatoms. The molecule has 0 bridgehead atoms. The molecule has 0 aliphatic carbocycles. The Bertz CT molecular complexity index is 1220. The van der Waals surface area contributed by atoms with Crippen LogP contribution in [0.3, 0.4) is 0 Å². The number of nitriles is 1. The highest BCUT2D eigenvalue weighted by molar-refractivity contribution is 9.10. The molecule has 33 heavy (non-hydrogen) atoms. The molecule has 3 rings (SSSR count). The highest BCUT2D eigenvalue weighted by Gasteiger charge is 2.15. The second kappa shape index (κ2) is 11.6. The summed E-state index contributed by atoms with van der Waals surface area (Å²) in [7, 11) is 0. The standard InChI is InChI=1S/C26H22BrClN2O3/c1-3-32-24-14-19(12-20(15-29)26(31)30-22-6-4-5-17(2)11-22)13-23(27)25(24)33-16-18-7-9-21(28)10-8-18/h4-14H,3,16H2,1-2H3,(H,30,31)/b20-12-. The van der Waals surface area contributed by atoms with Gasteiger partial charge >= 0.3 is 0 Å². The maximum absolute atomic E-state index is 12.6. The van der Waals surface area contributed by atoms with Gasteiger partial charge in [0.15, 0.2) is 11.5 Å². The van der Waals surface area contributed by atoms with Gasteiger partial charge in [0.05, 0.1) is 11.1 Å². The van der Waals surface area contributed by atoms with Gasteiger partial charge in [-0.1, -0.05) is 35.9 Å². The number of ether oxygens (including phenoxy) is 2. The van der Waals surface area contributed by atoms with Gasteiger partial charge in [-0.15, -0.1) is 0 Å². The molecule has 0 spiro atoms. The molecule has 168 valence electrons. The zero-order valence-corrected chi connectivity index (χ0v) is 20.5. The monoisotopic (exact) mass is 524 g/mol. The summed E-state index contributed by atoms with van der Waals surface area (Å²) in [5, 5.41) is 13.0. The quantitative estimate of drug-likeness (QED) is 0.256. The molecule has 5 nitrogen and oxygen atoms in total.